The highest BCUT2D eigenvalue weighted by atomic mass is 15.0. The van der Waals surface area contributed by atoms with E-state index in [4.69, 9.17) is 12.3 Å². The second kappa shape index (κ2) is 34.7. The molecular weight excluding hydrogens is 1240 g/mol. The van der Waals surface area contributed by atoms with Crippen LogP contribution in [0.15, 0.2) is 182 Å². The minimum atomic E-state index is -2.18. The lowest BCUT2D eigenvalue weighted by Crippen LogP contribution is -2.35. The van der Waals surface area contributed by atoms with Crippen LogP contribution in [0.5, 0.6) is 0 Å². The topological polar surface area (TPSA) is 23.3 Å². The third-order valence-electron chi connectivity index (χ3n) is 20.3. The van der Waals surface area contributed by atoms with Gasteiger partial charge in [0.1, 0.15) is 42.3 Å². The third-order valence-corrected chi connectivity index (χ3v) is 20.3. The standard InChI is InChI=1S/6C16H20N/c2*1-11-6-7-15(13(3)8-11)16-10-12(2)9-14(4)17(16)5;2*1-11-9-13(3)17(5)16(10-11)15-8-6-7-12(2)14(15)4;2*1-11-7-6-8-12(2)15(11)16-13(3)9-10-14(4)17(16)5/h6*6-10H,1-5H3/q6*+1/i1D3,2D3;;2D3;;;. The maximum atomic E-state index is 7.64. The summed E-state index contributed by atoms with van der Waals surface area (Å²) >= 11 is 0. The molecule has 0 unspecified atom stereocenters. The van der Waals surface area contributed by atoms with Crippen molar-refractivity contribution in [2.45, 2.75) is 166 Å². The molecule has 0 bridgehead atoms. The van der Waals surface area contributed by atoms with Crippen molar-refractivity contribution in [2.75, 3.05) is 0 Å². The average molecular weight is 1370 g/mol. The first-order chi connectivity index (χ1) is 51.7. The zero-order valence-corrected chi connectivity index (χ0v) is 66.5. The van der Waals surface area contributed by atoms with Crippen LogP contribution in [0.2, 0.25) is 0 Å². The second-order valence-corrected chi connectivity index (χ2v) is 28.4. The summed E-state index contributed by atoms with van der Waals surface area (Å²) in [5, 5.41) is 0. The summed E-state index contributed by atoms with van der Waals surface area (Å²) in [5.74, 6) is 0. The molecule has 0 aliphatic rings. The van der Waals surface area contributed by atoms with Crippen LogP contribution in [0.1, 0.15) is 147 Å². The van der Waals surface area contributed by atoms with E-state index in [1.807, 2.05) is 51.6 Å². The van der Waals surface area contributed by atoms with Crippen LogP contribution in [-0.2, 0) is 42.3 Å². The van der Waals surface area contributed by atoms with Crippen molar-refractivity contribution in [1.82, 2.24) is 0 Å². The van der Waals surface area contributed by atoms with Gasteiger partial charge in [-0.25, -0.2) is 0 Å². The number of benzene rings is 6. The molecule has 6 nitrogen and oxygen atoms in total. The molecule has 0 spiro atoms. The SMILES string of the molecule is Cc1cc(C)[n+](C)c(-c2cccc(C)c2C)c1.Cc1ccc(-c2cc(C)cc(C)[n+]2C)c(C)c1.Cc1cccc(C)c1-c1c(C)ccc(C)[n+]1C.Cc1cccc(C)c1-c1c(C)ccc(C)[n+]1C.[2H]C([2H])([2H])c1ccc(-c2cc(C([2H])([2H])[2H])cc(C)[n+]2C)c(C)c1.[2H]C([2H])([2H])c1cccc(-c2cc(C)cc(C)[n+]2C)c1C. The van der Waals surface area contributed by atoms with Crippen molar-refractivity contribution in [3.63, 3.8) is 0 Å². The number of nitrogens with zero attached hydrogens (tertiary/aromatic N) is 6. The lowest BCUT2D eigenvalue weighted by atomic mass is 9.96. The van der Waals surface area contributed by atoms with E-state index in [0.29, 0.717) is 5.56 Å². The zero-order valence-electron chi connectivity index (χ0n) is 75.5. The molecule has 528 valence electrons. The molecule has 0 N–H and O–H groups in total. The van der Waals surface area contributed by atoms with Gasteiger partial charge < -0.3 is 0 Å². The van der Waals surface area contributed by atoms with Crippen molar-refractivity contribution in [2.24, 2.45) is 42.3 Å². The summed E-state index contributed by atoms with van der Waals surface area (Å²) in [4.78, 5) is 0. The molecule has 0 aliphatic heterocycles. The van der Waals surface area contributed by atoms with Gasteiger partial charge in [0.15, 0.2) is 34.2 Å². The van der Waals surface area contributed by atoms with Gasteiger partial charge in [-0.05, 0) is 239 Å². The van der Waals surface area contributed by atoms with Gasteiger partial charge in [0.25, 0.3) is 0 Å². The number of hydrogen-bond donors (Lipinski definition) is 0. The Morgan fingerprint density at radius 2 is 0.510 bits per heavy atom. The molecule has 6 heterocycles. The lowest BCUT2D eigenvalue weighted by Gasteiger charge is -2.11. The van der Waals surface area contributed by atoms with Crippen molar-refractivity contribution >= 4 is 0 Å². The van der Waals surface area contributed by atoms with Crippen LogP contribution in [0.25, 0.3) is 67.5 Å². The van der Waals surface area contributed by atoms with Crippen LogP contribution >= 0.6 is 0 Å². The van der Waals surface area contributed by atoms with Gasteiger partial charge in [0.05, 0.1) is 11.1 Å². The molecule has 6 heteroatoms. The lowest BCUT2D eigenvalue weighted by molar-refractivity contribution is -0.667. The van der Waals surface area contributed by atoms with Crippen molar-refractivity contribution in [1.29, 1.82) is 0 Å². The first-order valence-electron chi connectivity index (χ1n) is 40.0. The van der Waals surface area contributed by atoms with Gasteiger partial charge in [0, 0.05) is 148 Å². The maximum Gasteiger partial charge on any atom is 0.215 e. The summed E-state index contributed by atoms with van der Waals surface area (Å²) in [7, 11) is 12.4. The largest absolute Gasteiger partial charge is 0.215 e. The van der Waals surface area contributed by atoms with Crippen LogP contribution < -0.4 is 27.4 Å². The monoisotopic (exact) mass is 1370 g/mol. The highest BCUT2D eigenvalue weighted by molar-refractivity contribution is 5.70. The minimum absolute atomic E-state index is 0.280. The summed E-state index contributed by atoms with van der Waals surface area (Å²) in [6.45, 7) is 38.0. The Morgan fingerprint density at radius 1 is 0.206 bits per heavy atom. The van der Waals surface area contributed by atoms with E-state index in [0.717, 1.165) is 45.0 Å². The fourth-order valence-electron chi connectivity index (χ4n) is 13.6. The third kappa shape index (κ3) is 19.0. The van der Waals surface area contributed by atoms with E-state index in [9.17, 15) is 0 Å². The number of aryl methyl sites for hydroxylation is 22. The molecule has 0 saturated heterocycles. The first-order valence-corrected chi connectivity index (χ1v) is 35.5. The predicted molar refractivity (Wildman–Crippen MR) is 432 cm³/mol. The van der Waals surface area contributed by atoms with Gasteiger partial charge in [-0.1, -0.05) is 96.1 Å². The van der Waals surface area contributed by atoms with E-state index in [1.54, 1.807) is 36.4 Å². The Hall–Kier alpha value is -9.78. The summed E-state index contributed by atoms with van der Waals surface area (Å²) < 4.78 is 81.3. The average Bonchev–Trinajstić information content (AvgIpc) is 0.798. The van der Waals surface area contributed by atoms with Crippen LogP contribution in [0, 0.1) is 166 Å². The quantitative estimate of drug-likeness (QED) is 0.148. The highest BCUT2D eigenvalue weighted by Gasteiger charge is 2.23. The van der Waals surface area contributed by atoms with Crippen LogP contribution in [0.4, 0.5) is 0 Å². The first kappa shape index (κ1) is 66.8. The number of aromatic nitrogens is 6. The van der Waals surface area contributed by atoms with Gasteiger partial charge in [-0.15, -0.1) is 0 Å². The van der Waals surface area contributed by atoms with Crippen molar-refractivity contribution in [3.8, 4) is 67.5 Å². The predicted octanol–water partition coefficient (Wildman–Crippen LogP) is 20.5. The molecule has 0 amide bonds. The van der Waals surface area contributed by atoms with Gasteiger partial charge >= 0.3 is 0 Å². The Kier molecular flexibility index (Phi) is 22.7. The molecule has 0 atom stereocenters. The van der Waals surface area contributed by atoms with E-state index in [1.165, 1.54) is 140 Å². The van der Waals surface area contributed by atoms with Gasteiger partial charge in [0.2, 0.25) is 34.2 Å². The van der Waals surface area contributed by atoms with Crippen LogP contribution in [-0.4, -0.2) is 0 Å². The van der Waals surface area contributed by atoms with Gasteiger partial charge in [-0.2, -0.15) is 27.4 Å². The molecule has 12 aromatic rings. The Labute approximate surface area is 628 Å². The molecule has 0 aliphatic carbocycles. The molecule has 102 heavy (non-hydrogen) atoms. The van der Waals surface area contributed by atoms with Crippen molar-refractivity contribution in [3.05, 3.63) is 316 Å². The molecule has 6 aromatic heterocycles. The molecule has 0 saturated carbocycles. The molecule has 0 radical (unpaired) electrons. The zero-order chi connectivity index (χ0) is 83.0. The minimum Gasteiger partial charge on any atom is -0.199 e. The van der Waals surface area contributed by atoms with E-state index >= 15 is 0 Å². The summed E-state index contributed by atoms with van der Waals surface area (Å²) in [6.07, 6.45) is 0. The van der Waals surface area contributed by atoms with Crippen LogP contribution in [0.3, 0.4) is 0 Å². The van der Waals surface area contributed by atoms with Crippen molar-refractivity contribution < 1.29 is 39.7 Å². The molecule has 6 aromatic carbocycles. The second-order valence-electron chi connectivity index (χ2n) is 28.4. The Balaban J connectivity index is 0.000000186. The molecular formula is C96H120N6+6. The fraction of sp³-hybridized carbons (Fsp3) is 0.312. The normalized spacial score (nSPS) is 12.3. The molecule has 12 rings (SSSR count). The summed E-state index contributed by atoms with van der Waals surface area (Å²) in [6, 6.07) is 61.8. The summed E-state index contributed by atoms with van der Waals surface area (Å²) in [5.41, 5.74) is 41.2. The fourth-order valence-corrected chi connectivity index (χ4v) is 13.6. The number of pyridine rings is 6. The Morgan fingerprint density at radius 3 is 0.873 bits per heavy atom. The van der Waals surface area contributed by atoms with E-state index in [-0.39, 0.29) is 11.1 Å². The van der Waals surface area contributed by atoms with E-state index < -0.39 is 20.6 Å². The highest BCUT2D eigenvalue weighted by Crippen LogP contribution is 2.31. The van der Waals surface area contributed by atoms with Gasteiger partial charge in [-0.3, -0.25) is 0 Å². The van der Waals surface area contributed by atoms with E-state index in [2.05, 4.69) is 309 Å². The maximum absolute atomic E-state index is 7.64. The number of hydrogen-bond acceptors (Lipinski definition) is 0. The smallest absolute Gasteiger partial charge is 0.199 e. The Bertz CT molecular complexity index is 5260. The number of rotatable bonds is 6. The molecule has 0 fully saturated rings.